The molecule has 19 heavy (non-hydrogen) atoms. The molecular weight excluding hydrogens is 280 g/mol. The summed E-state index contributed by atoms with van der Waals surface area (Å²) < 4.78 is 0. The normalized spacial score (nSPS) is 24.2. The SMILES string of the molecule is CC1=C/C(O)=C\CC/C(SCc2ccncc2Cl)=N\1. The lowest BCUT2D eigenvalue weighted by molar-refractivity contribution is 0.428. The molecule has 0 radical (unpaired) electrons. The van der Waals surface area contributed by atoms with E-state index in [2.05, 4.69) is 9.98 Å². The van der Waals surface area contributed by atoms with Gasteiger partial charge in [-0.15, -0.1) is 11.8 Å². The van der Waals surface area contributed by atoms with Gasteiger partial charge in [-0.25, -0.2) is 0 Å². The molecular formula is C14H15ClN2OS. The van der Waals surface area contributed by atoms with Crippen molar-refractivity contribution in [3.8, 4) is 0 Å². The molecule has 1 N–H and O–H groups in total. The highest BCUT2D eigenvalue weighted by Crippen LogP contribution is 2.24. The van der Waals surface area contributed by atoms with Crippen LogP contribution in [0.3, 0.4) is 0 Å². The molecule has 0 atom stereocenters. The minimum Gasteiger partial charge on any atom is -0.508 e. The number of pyridine rings is 1. The fourth-order valence-corrected chi connectivity index (χ4v) is 3.00. The van der Waals surface area contributed by atoms with Crippen molar-refractivity contribution in [2.45, 2.75) is 25.5 Å². The Hall–Kier alpha value is -1.26. The summed E-state index contributed by atoms with van der Waals surface area (Å²) in [4.78, 5) is 8.48. The van der Waals surface area contributed by atoms with Crippen LogP contribution >= 0.6 is 23.4 Å². The molecule has 0 aromatic carbocycles. The summed E-state index contributed by atoms with van der Waals surface area (Å²) >= 11 is 7.76. The molecule has 2 heterocycles. The van der Waals surface area contributed by atoms with Gasteiger partial charge < -0.3 is 5.11 Å². The van der Waals surface area contributed by atoms with Crippen LogP contribution in [0, 0.1) is 0 Å². The van der Waals surface area contributed by atoms with Crippen molar-refractivity contribution >= 4 is 28.4 Å². The second-order valence-electron chi connectivity index (χ2n) is 4.21. The summed E-state index contributed by atoms with van der Waals surface area (Å²) in [5, 5.41) is 11.2. The van der Waals surface area contributed by atoms with Gasteiger partial charge in [-0.3, -0.25) is 9.98 Å². The third-order valence-electron chi connectivity index (χ3n) is 2.62. The maximum atomic E-state index is 9.50. The zero-order chi connectivity index (χ0) is 13.7. The number of aromatic nitrogens is 1. The van der Waals surface area contributed by atoms with Gasteiger partial charge in [0.15, 0.2) is 0 Å². The predicted octanol–water partition coefficient (Wildman–Crippen LogP) is 4.51. The molecule has 0 saturated heterocycles. The van der Waals surface area contributed by atoms with Crippen molar-refractivity contribution in [3.05, 3.63) is 52.7 Å². The number of allylic oxidation sites excluding steroid dienone is 3. The molecule has 5 heteroatoms. The van der Waals surface area contributed by atoms with Gasteiger partial charge in [0.1, 0.15) is 5.76 Å². The average molecular weight is 295 g/mol. The van der Waals surface area contributed by atoms with Crippen molar-refractivity contribution in [2.24, 2.45) is 4.99 Å². The summed E-state index contributed by atoms with van der Waals surface area (Å²) in [6, 6.07) is 1.92. The van der Waals surface area contributed by atoms with Crippen LogP contribution in [-0.2, 0) is 5.75 Å². The van der Waals surface area contributed by atoms with Crippen molar-refractivity contribution < 1.29 is 5.11 Å². The van der Waals surface area contributed by atoms with Crippen LogP contribution in [0.4, 0.5) is 0 Å². The van der Waals surface area contributed by atoms with Crippen LogP contribution in [0.1, 0.15) is 25.3 Å². The first-order chi connectivity index (χ1) is 9.15. The van der Waals surface area contributed by atoms with E-state index in [4.69, 9.17) is 11.6 Å². The molecule has 0 fully saturated rings. The minimum absolute atomic E-state index is 0.294. The van der Waals surface area contributed by atoms with Crippen molar-refractivity contribution in [2.75, 3.05) is 0 Å². The topological polar surface area (TPSA) is 45.5 Å². The van der Waals surface area contributed by atoms with E-state index in [0.717, 1.165) is 34.9 Å². The smallest absolute Gasteiger partial charge is 0.113 e. The van der Waals surface area contributed by atoms with Crippen molar-refractivity contribution in [1.29, 1.82) is 0 Å². The maximum Gasteiger partial charge on any atom is 0.113 e. The van der Waals surface area contributed by atoms with Crippen LogP contribution in [0.25, 0.3) is 0 Å². The van der Waals surface area contributed by atoms with Crippen LogP contribution in [0.15, 0.2) is 47.1 Å². The molecule has 100 valence electrons. The third kappa shape index (κ3) is 4.40. The molecule has 1 aromatic heterocycles. The summed E-state index contributed by atoms with van der Waals surface area (Å²) in [5.74, 6) is 1.07. The number of halogens is 1. The fourth-order valence-electron chi connectivity index (χ4n) is 1.69. The summed E-state index contributed by atoms with van der Waals surface area (Å²) in [7, 11) is 0. The Labute approximate surface area is 122 Å². The van der Waals surface area contributed by atoms with Crippen LogP contribution in [0.5, 0.6) is 0 Å². The Kier molecular flexibility index (Phi) is 5.05. The van der Waals surface area contributed by atoms with Crippen molar-refractivity contribution in [3.63, 3.8) is 0 Å². The highest BCUT2D eigenvalue weighted by atomic mass is 35.5. The molecule has 2 rings (SSSR count). The Morgan fingerprint density at radius 3 is 3.11 bits per heavy atom. The maximum absolute atomic E-state index is 9.50. The number of hydrogen-bond donors (Lipinski definition) is 1. The second-order valence-corrected chi connectivity index (χ2v) is 5.67. The van der Waals surface area contributed by atoms with Crippen LogP contribution in [-0.4, -0.2) is 15.1 Å². The molecule has 3 nitrogen and oxygen atoms in total. The average Bonchev–Trinajstić information content (AvgIpc) is 2.35. The Morgan fingerprint density at radius 1 is 1.47 bits per heavy atom. The molecule has 0 unspecified atom stereocenters. The van der Waals surface area contributed by atoms with Crippen molar-refractivity contribution in [1.82, 2.24) is 4.98 Å². The molecule has 0 amide bonds. The Morgan fingerprint density at radius 2 is 2.32 bits per heavy atom. The monoisotopic (exact) mass is 294 g/mol. The molecule has 0 aliphatic carbocycles. The van der Waals surface area contributed by atoms with E-state index in [1.807, 2.05) is 19.1 Å². The fraction of sp³-hybridized carbons (Fsp3) is 0.286. The molecule has 0 spiro atoms. The summed E-state index contributed by atoms with van der Waals surface area (Å²) in [6.07, 6.45) is 8.53. The number of aliphatic imine (C=N–C) groups is 1. The number of thioether (sulfide) groups is 1. The zero-order valence-corrected chi connectivity index (χ0v) is 12.2. The summed E-state index contributed by atoms with van der Waals surface area (Å²) in [6.45, 7) is 1.88. The van der Waals surface area contributed by atoms with Gasteiger partial charge in [0, 0.05) is 29.9 Å². The third-order valence-corrected chi connectivity index (χ3v) is 4.04. The molecule has 0 saturated carbocycles. The Balaban J connectivity index is 2.04. The number of aliphatic hydroxyl groups is 1. The van der Waals surface area contributed by atoms with Gasteiger partial charge in [-0.05, 0) is 37.5 Å². The Bertz CT molecular complexity index is 552. The number of nitrogens with zero attached hydrogens (tertiary/aromatic N) is 2. The number of rotatable bonds is 2. The van der Waals surface area contributed by atoms with E-state index in [1.165, 1.54) is 0 Å². The van der Waals surface area contributed by atoms with E-state index >= 15 is 0 Å². The number of aliphatic hydroxyl groups excluding tert-OH is 1. The molecule has 1 aromatic rings. The van der Waals surface area contributed by atoms with E-state index in [-0.39, 0.29) is 0 Å². The minimum atomic E-state index is 0.294. The highest BCUT2D eigenvalue weighted by Gasteiger charge is 2.07. The quantitative estimate of drug-likeness (QED) is 0.873. The van der Waals surface area contributed by atoms with Gasteiger partial charge in [-0.1, -0.05) is 11.6 Å². The zero-order valence-electron chi connectivity index (χ0n) is 10.6. The lowest BCUT2D eigenvalue weighted by atomic mass is 10.2. The van der Waals surface area contributed by atoms with Gasteiger partial charge in [-0.2, -0.15) is 0 Å². The van der Waals surface area contributed by atoms with Crippen LogP contribution in [0.2, 0.25) is 5.02 Å². The lowest BCUT2D eigenvalue weighted by Crippen LogP contribution is -1.97. The first-order valence-corrected chi connectivity index (χ1v) is 7.37. The van der Waals surface area contributed by atoms with E-state index in [9.17, 15) is 5.11 Å². The van der Waals surface area contributed by atoms with E-state index < -0.39 is 0 Å². The highest BCUT2D eigenvalue weighted by molar-refractivity contribution is 8.13. The molecule has 1 aliphatic rings. The predicted molar refractivity (Wildman–Crippen MR) is 81.7 cm³/mol. The van der Waals surface area contributed by atoms with E-state index in [0.29, 0.717) is 10.8 Å². The lowest BCUT2D eigenvalue weighted by Gasteiger charge is -2.09. The largest absolute Gasteiger partial charge is 0.508 e. The summed E-state index contributed by atoms with van der Waals surface area (Å²) in [5.41, 5.74) is 1.88. The first-order valence-electron chi connectivity index (χ1n) is 6.01. The standard InChI is InChI=1S/C14H15ClN2OS/c1-10-7-12(18)3-2-4-14(17-10)19-9-11-5-6-16-8-13(11)15/h3,5-8,18H,2,4,9H2,1H3/b10-7-,12-3+,17-14+. The van der Waals surface area contributed by atoms with E-state index in [1.54, 1.807) is 30.2 Å². The molecule has 1 aliphatic heterocycles. The van der Waals surface area contributed by atoms with Gasteiger partial charge in [0.05, 0.1) is 10.1 Å². The second kappa shape index (κ2) is 6.78. The first kappa shape index (κ1) is 14.2. The molecule has 0 bridgehead atoms. The van der Waals surface area contributed by atoms with Gasteiger partial charge >= 0.3 is 0 Å². The van der Waals surface area contributed by atoms with Gasteiger partial charge in [0.25, 0.3) is 0 Å². The number of hydrogen-bond acceptors (Lipinski definition) is 4. The van der Waals surface area contributed by atoms with Gasteiger partial charge in [0.2, 0.25) is 0 Å². The van der Waals surface area contributed by atoms with Crippen LogP contribution < -0.4 is 0 Å².